The highest BCUT2D eigenvalue weighted by Gasteiger charge is 2.41. The number of aliphatic carboxylic acids is 1. The minimum Gasteiger partial charge on any atom is -0.481 e. The summed E-state index contributed by atoms with van der Waals surface area (Å²) in [6, 6.07) is 7.03. The van der Waals surface area contributed by atoms with Crippen LogP contribution in [0.3, 0.4) is 0 Å². The molecule has 0 unspecified atom stereocenters. The van der Waals surface area contributed by atoms with Gasteiger partial charge in [-0.25, -0.2) is 0 Å². The number of carbonyl (C=O) groups is 2. The zero-order valence-electron chi connectivity index (χ0n) is 12.1. The topological polar surface area (TPSA) is 66.4 Å². The first kappa shape index (κ1) is 16.0. The Kier molecular flexibility index (Phi) is 5.04. The highest BCUT2D eigenvalue weighted by atomic mass is 79.9. The molecule has 2 N–H and O–H groups in total. The summed E-state index contributed by atoms with van der Waals surface area (Å²) < 4.78 is 0.905. The van der Waals surface area contributed by atoms with Gasteiger partial charge in [-0.2, -0.15) is 0 Å². The third-order valence-electron chi connectivity index (χ3n) is 4.38. The van der Waals surface area contributed by atoms with E-state index in [1.54, 1.807) is 24.3 Å². The number of hydrogen-bond donors (Lipinski definition) is 2. The van der Waals surface area contributed by atoms with Gasteiger partial charge in [0.15, 0.2) is 0 Å². The molecule has 1 aromatic carbocycles. The molecule has 1 amide bonds. The van der Waals surface area contributed by atoms with E-state index in [2.05, 4.69) is 28.2 Å². The number of carboxylic acids is 1. The molecule has 1 aliphatic rings. The fourth-order valence-corrected chi connectivity index (χ4v) is 3.00. The quantitative estimate of drug-likeness (QED) is 0.870. The summed E-state index contributed by atoms with van der Waals surface area (Å²) in [5.41, 5.74) is -0.264. The molecule has 0 heterocycles. The molecule has 0 atom stereocenters. The van der Waals surface area contributed by atoms with E-state index < -0.39 is 11.4 Å². The second kappa shape index (κ2) is 6.60. The molecule has 4 nitrogen and oxygen atoms in total. The number of amides is 1. The van der Waals surface area contributed by atoms with Gasteiger partial charge < -0.3 is 10.4 Å². The third-order valence-corrected chi connectivity index (χ3v) is 4.91. The summed E-state index contributed by atoms with van der Waals surface area (Å²) in [6.07, 6.45) is 3.06. The van der Waals surface area contributed by atoms with E-state index >= 15 is 0 Å². The Morgan fingerprint density at radius 3 is 2.38 bits per heavy atom. The molecule has 5 heteroatoms. The first-order valence-electron chi connectivity index (χ1n) is 7.20. The van der Waals surface area contributed by atoms with E-state index in [-0.39, 0.29) is 12.5 Å². The van der Waals surface area contributed by atoms with Gasteiger partial charge in [0.25, 0.3) is 5.91 Å². The van der Waals surface area contributed by atoms with E-state index in [9.17, 15) is 14.7 Å². The van der Waals surface area contributed by atoms with Crippen molar-refractivity contribution in [3.8, 4) is 0 Å². The van der Waals surface area contributed by atoms with Gasteiger partial charge in [0.05, 0.1) is 5.41 Å². The lowest BCUT2D eigenvalue weighted by atomic mass is 9.71. The van der Waals surface area contributed by atoms with E-state index in [1.807, 2.05) is 0 Å². The molecule has 0 aliphatic heterocycles. The summed E-state index contributed by atoms with van der Waals surface area (Å²) in [6.45, 7) is 2.34. The molecule has 1 fully saturated rings. The molecule has 114 valence electrons. The minimum absolute atomic E-state index is 0.198. The van der Waals surface area contributed by atoms with Crippen LogP contribution in [0.15, 0.2) is 28.7 Å². The van der Waals surface area contributed by atoms with E-state index in [0.29, 0.717) is 24.3 Å². The van der Waals surface area contributed by atoms with Crippen molar-refractivity contribution in [3.05, 3.63) is 34.3 Å². The van der Waals surface area contributed by atoms with Crippen molar-refractivity contribution in [2.24, 2.45) is 11.3 Å². The summed E-state index contributed by atoms with van der Waals surface area (Å²) in [5.74, 6) is -0.452. The Bertz CT molecular complexity index is 519. The predicted molar refractivity (Wildman–Crippen MR) is 84.2 cm³/mol. The van der Waals surface area contributed by atoms with Crippen molar-refractivity contribution in [3.63, 3.8) is 0 Å². The third kappa shape index (κ3) is 3.84. The number of rotatable bonds is 4. The lowest BCUT2D eigenvalue weighted by Crippen LogP contribution is -2.45. The SMILES string of the molecule is CC1CCC(CNC(=O)c2ccc(Br)cc2)(C(=O)O)CC1. The van der Waals surface area contributed by atoms with Crippen molar-refractivity contribution >= 4 is 27.8 Å². The van der Waals surface area contributed by atoms with Crippen molar-refractivity contribution in [2.45, 2.75) is 32.6 Å². The molecular formula is C16H20BrNO3. The van der Waals surface area contributed by atoms with Gasteiger partial charge >= 0.3 is 5.97 Å². The number of benzene rings is 1. The van der Waals surface area contributed by atoms with Gasteiger partial charge in [-0.05, 0) is 55.9 Å². The van der Waals surface area contributed by atoms with Crippen LogP contribution in [0.1, 0.15) is 43.0 Å². The number of carbonyl (C=O) groups excluding carboxylic acids is 1. The largest absolute Gasteiger partial charge is 0.481 e. The van der Waals surface area contributed by atoms with Gasteiger partial charge in [0.1, 0.15) is 0 Å². The molecule has 2 rings (SSSR count). The lowest BCUT2D eigenvalue weighted by molar-refractivity contribution is -0.151. The molecule has 0 spiro atoms. The smallest absolute Gasteiger partial charge is 0.311 e. The fraction of sp³-hybridized carbons (Fsp3) is 0.500. The Balaban J connectivity index is 2.00. The van der Waals surface area contributed by atoms with Crippen LogP contribution in [0.2, 0.25) is 0 Å². The molecule has 21 heavy (non-hydrogen) atoms. The summed E-state index contributed by atoms with van der Waals surface area (Å²) in [7, 11) is 0. The molecule has 1 saturated carbocycles. The molecule has 0 aromatic heterocycles. The monoisotopic (exact) mass is 353 g/mol. The van der Waals surface area contributed by atoms with Crippen molar-refractivity contribution in [1.29, 1.82) is 0 Å². The van der Waals surface area contributed by atoms with Crippen LogP contribution in [-0.4, -0.2) is 23.5 Å². The highest BCUT2D eigenvalue weighted by Crippen LogP contribution is 2.38. The Morgan fingerprint density at radius 1 is 1.29 bits per heavy atom. The van der Waals surface area contributed by atoms with Crippen LogP contribution in [0.4, 0.5) is 0 Å². The zero-order valence-corrected chi connectivity index (χ0v) is 13.6. The molecule has 0 saturated heterocycles. The molecular weight excluding hydrogens is 334 g/mol. The standard InChI is InChI=1S/C16H20BrNO3/c1-11-6-8-16(9-7-11,15(20)21)10-18-14(19)12-2-4-13(17)5-3-12/h2-5,11H,6-10H2,1H3,(H,18,19)(H,20,21). The molecule has 1 aliphatic carbocycles. The lowest BCUT2D eigenvalue weighted by Gasteiger charge is -2.35. The van der Waals surface area contributed by atoms with Gasteiger partial charge in [-0.3, -0.25) is 9.59 Å². The molecule has 0 bridgehead atoms. The average molecular weight is 354 g/mol. The molecule has 0 radical (unpaired) electrons. The van der Waals surface area contributed by atoms with Gasteiger partial charge in [-0.1, -0.05) is 22.9 Å². The van der Waals surface area contributed by atoms with E-state index in [1.165, 1.54) is 0 Å². The van der Waals surface area contributed by atoms with Crippen molar-refractivity contribution in [1.82, 2.24) is 5.32 Å². The Hall–Kier alpha value is -1.36. The van der Waals surface area contributed by atoms with E-state index in [0.717, 1.165) is 17.3 Å². The van der Waals surface area contributed by atoms with E-state index in [4.69, 9.17) is 0 Å². The zero-order chi connectivity index (χ0) is 15.5. The maximum Gasteiger partial charge on any atom is 0.311 e. The number of carboxylic acid groups (broad SMARTS) is 1. The Morgan fingerprint density at radius 2 is 1.86 bits per heavy atom. The minimum atomic E-state index is -0.808. The second-order valence-electron chi connectivity index (χ2n) is 5.96. The van der Waals surface area contributed by atoms with Crippen LogP contribution in [0, 0.1) is 11.3 Å². The predicted octanol–water partition coefficient (Wildman–Crippen LogP) is 3.46. The maximum absolute atomic E-state index is 12.1. The number of nitrogens with one attached hydrogen (secondary N) is 1. The fourth-order valence-electron chi connectivity index (χ4n) is 2.73. The van der Waals surface area contributed by atoms with Crippen LogP contribution >= 0.6 is 15.9 Å². The molecule has 1 aromatic rings. The highest BCUT2D eigenvalue weighted by molar-refractivity contribution is 9.10. The average Bonchev–Trinajstić information content (AvgIpc) is 2.47. The van der Waals surface area contributed by atoms with Gasteiger partial charge in [0.2, 0.25) is 0 Å². The van der Waals surface area contributed by atoms with Gasteiger partial charge in [-0.15, -0.1) is 0 Å². The number of halogens is 1. The van der Waals surface area contributed by atoms with Crippen LogP contribution in [0.5, 0.6) is 0 Å². The maximum atomic E-state index is 12.1. The van der Waals surface area contributed by atoms with Crippen LogP contribution < -0.4 is 5.32 Å². The van der Waals surface area contributed by atoms with Gasteiger partial charge in [0, 0.05) is 16.6 Å². The second-order valence-corrected chi connectivity index (χ2v) is 6.87. The number of hydrogen-bond acceptors (Lipinski definition) is 2. The van der Waals surface area contributed by atoms with Crippen LogP contribution in [-0.2, 0) is 4.79 Å². The Labute approximate surface area is 133 Å². The summed E-state index contributed by atoms with van der Waals surface area (Å²) in [5, 5.41) is 12.3. The first-order valence-corrected chi connectivity index (χ1v) is 7.99. The summed E-state index contributed by atoms with van der Waals surface area (Å²) in [4.78, 5) is 23.7. The van der Waals surface area contributed by atoms with Crippen LogP contribution in [0.25, 0.3) is 0 Å². The van der Waals surface area contributed by atoms with Crippen molar-refractivity contribution < 1.29 is 14.7 Å². The first-order chi connectivity index (χ1) is 9.93. The summed E-state index contributed by atoms with van der Waals surface area (Å²) >= 11 is 3.32. The normalized spacial score (nSPS) is 25.3. The van der Waals surface area contributed by atoms with Crippen molar-refractivity contribution in [2.75, 3.05) is 6.54 Å².